The van der Waals surface area contributed by atoms with Gasteiger partial charge in [-0.1, -0.05) is 33.3 Å². The van der Waals surface area contributed by atoms with Crippen LogP contribution in [-0.4, -0.2) is 53.0 Å². The molecule has 0 bridgehead atoms. The second-order valence-corrected chi connectivity index (χ2v) is 11.2. The number of rotatable bonds is 6. The van der Waals surface area contributed by atoms with Crippen LogP contribution in [-0.2, 0) is 9.53 Å². The Morgan fingerprint density at radius 2 is 2.05 bits per heavy atom. The summed E-state index contributed by atoms with van der Waals surface area (Å²) in [6, 6.07) is 3.58. The normalized spacial score (nSPS) is 18.4. The van der Waals surface area contributed by atoms with Gasteiger partial charge in [-0.3, -0.25) is 4.99 Å². The molecule has 0 spiro atoms. The number of hydrogen-bond acceptors (Lipinski definition) is 10. The van der Waals surface area contributed by atoms with Crippen molar-refractivity contribution in [3.8, 4) is 0 Å². The molecule has 0 amide bonds. The first-order valence-electron chi connectivity index (χ1n) is 11.3. The molecule has 9 nitrogen and oxygen atoms in total. The number of anilines is 1. The van der Waals surface area contributed by atoms with Gasteiger partial charge < -0.3 is 20.1 Å². The smallest absolute Gasteiger partial charge is 0.347 e. The van der Waals surface area contributed by atoms with Gasteiger partial charge in [0.25, 0.3) is 0 Å². The average molecular weight is 606 g/mol. The molecule has 0 radical (unpaired) electrons. The summed E-state index contributed by atoms with van der Waals surface area (Å²) in [5.74, 6) is -1.41. The summed E-state index contributed by atoms with van der Waals surface area (Å²) >= 11 is 6.01. The van der Waals surface area contributed by atoms with E-state index in [0.717, 1.165) is 11.3 Å². The number of ether oxygens (including phenoxy) is 1. The van der Waals surface area contributed by atoms with Crippen molar-refractivity contribution in [3.63, 3.8) is 0 Å². The Morgan fingerprint density at radius 1 is 1.27 bits per heavy atom. The van der Waals surface area contributed by atoms with E-state index in [9.17, 15) is 19.1 Å². The monoisotopic (exact) mass is 605 g/mol. The fraction of sp³-hybridized carbons (Fsp3) is 0.292. The summed E-state index contributed by atoms with van der Waals surface area (Å²) in [6.07, 6.45) is 4.43. The summed E-state index contributed by atoms with van der Waals surface area (Å²) in [6.45, 7) is 1.26. The summed E-state index contributed by atoms with van der Waals surface area (Å²) < 4.78 is 19.6. The van der Waals surface area contributed by atoms with Crippen molar-refractivity contribution in [1.29, 1.82) is 0 Å². The first-order valence-corrected chi connectivity index (χ1v) is 13.8. The Hall–Kier alpha value is -3.16. The lowest BCUT2D eigenvalue weighted by Crippen LogP contribution is -2.41. The Kier molecular flexibility index (Phi) is 7.36. The Bertz CT molecular complexity index is 1400. The van der Waals surface area contributed by atoms with Crippen LogP contribution in [0.2, 0.25) is 0 Å². The Balaban J connectivity index is 1.51. The number of aromatic nitrogens is 2. The third-order valence-corrected chi connectivity index (χ3v) is 8.76. The standard InChI is InChI=1S/C24H21BrFN5O4S2/c1-35-23(34)17-18(12-4-7-31(8-5-12)24-28-11-16(37-24)22(32)33)29-20(21-27-6-9-36-21)30-19(17)14-3-2-13(26)10-15(14)25/h2-3,6,9-12,19H,4-5,7-8H2,1H3,(H,29,30)(H,32,33). The maximum atomic E-state index is 13.9. The van der Waals surface area contributed by atoms with Crippen molar-refractivity contribution < 1.29 is 23.8 Å². The number of halogens is 2. The largest absolute Gasteiger partial charge is 0.477 e. The molecular formula is C24H21BrFN5O4S2. The maximum Gasteiger partial charge on any atom is 0.347 e. The number of aromatic carboxylic acids is 1. The molecule has 1 fully saturated rings. The van der Waals surface area contributed by atoms with Crippen LogP contribution in [0.25, 0.3) is 0 Å². The van der Waals surface area contributed by atoms with Gasteiger partial charge in [-0.15, -0.1) is 11.3 Å². The predicted octanol–water partition coefficient (Wildman–Crippen LogP) is 4.63. The summed E-state index contributed by atoms with van der Waals surface area (Å²) in [4.78, 5) is 40.2. The zero-order valence-electron chi connectivity index (χ0n) is 19.5. The second-order valence-electron chi connectivity index (χ2n) is 8.40. The zero-order chi connectivity index (χ0) is 26.1. The van der Waals surface area contributed by atoms with Crippen LogP contribution in [0, 0.1) is 11.7 Å². The molecule has 1 saturated heterocycles. The Labute approximate surface area is 227 Å². The third-order valence-electron chi connectivity index (χ3n) is 6.25. The molecular weight excluding hydrogens is 585 g/mol. The number of amidine groups is 1. The van der Waals surface area contributed by atoms with Crippen LogP contribution in [0.5, 0.6) is 0 Å². The van der Waals surface area contributed by atoms with E-state index >= 15 is 0 Å². The minimum Gasteiger partial charge on any atom is -0.477 e. The van der Waals surface area contributed by atoms with Gasteiger partial charge in [-0.2, -0.15) is 0 Å². The minimum atomic E-state index is -0.995. The number of methoxy groups -OCH3 is 1. The lowest BCUT2D eigenvalue weighted by atomic mass is 9.86. The number of allylic oxidation sites excluding steroid dienone is 1. The van der Waals surface area contributed by atoms with Gasteiger partial charge >= 0.3 is 11.9 Å². The molecule has 13 heteroatoms. The van der Waals surface area contributed by atoms with Gasteiger partial charge in [0.1, 0.15) is 16.7 Å². The quantitative estimate of drug-likeness (QED) is 0.390. The number of carboxylic acid groups (broad SMARTS) is 1. The molecule has 2 aromatic heterocycles. The topological polar surface area (TPSA) is 117 Å². The summed E-state index contributed by atoms with van der Waals surface area (Å²) in [7, 11) is 1.33. The van der Waals surface area contributed by atoms with Gasteiger partial charge in [0.05, 0.1) is 18.9 Å². The van der Waals surface area contributed by atoms with Gasteiger partial charge in [-0.25, -0.2) is 23.9 Å². The number of nitrogens with one attached hydrogen (secondary N) is 1. The number of thiazole rings is 2. The van der Waals surface area contributed by atoms with Crippen molar-refractivity contribution in [2.24, 2.45) is 10.9 Å². The van der Waals surface area contributed by atoms with E-state index in [1.54, 1.807) is 12.3 Å². The van der Waals surface area contributed by atoms with E-state index in [2.05, 4.69) is 36.1 Å². The molecule has 2 N–H and O–H groups in total. The van der Waals surface area contributed by atoms with E-state index in [-0.39, 0.29) is 10.8 Å². The maximum absolute atomic E-state index is 13.9. The van der Waals surface area contributed by atoms with Crippen molar-refractivity contribution in [2.45, 2.75) is 18.9 Å². The van der Waals surface area contributed by atoms with Gasteiger partial charge in [-0.05, 0) is 30.5 Å². The van der Waals surface area contributed by atoms with Gasteiger partial charge in [0.2, 0.25) is 0 Å². The van der Waals surface area contributed by atoms with Crippen LogP contribution >= 0.6 is 38.6 Å². The molecule has 0 aliphatic carbocycles. The first kappa shape index (κ1) is 25.5. The number of nitrogens with zero attached hydrogens (tertiary/aromatic N) is 4. The molecule has 1 atom stereocenters. The van der Waals surface area contributed by atoms with E-state index in [1.165, 1.54) is 36.8 Å². The molecule has 1 aromatic carbocycles. The number of esters is 1. The highest BCUT2D eigenvalue weighted by molar-refractivity contribution is 9.10. The van der Waals surface area contributed by atoms with E-state index in [4.69, 9.17) is 9.73 Å². The van der Waals surface area contributed by atoms with Crippen LogP contribution in [0.1, 0.15) is 39.1 Å². The number of benzene rings is 1. The van der Waals surface area contributed by atoms with Crippen molar-refractivity contribution in [3.05, 3.63) is 73.0 Å². The van der Waals surface area contributed by atoms with E-state index in [0.29, 0.717) is 63.2 Å². The van der Waals surface area contributed by atoms with Crippen molar-refractivity contribution in [2.75, 3.05) is 25.1 Å². The molecule has 4 heterocycles. The van der Waals surface area contributed by atoms with Crippen LogP contribution < -0.4 is 10.2 Å². The molecule has 37 heavy (non-hydrogen) atoms. The lowest BCUT2D eigenvalue weighted by Gasteiger charge is -2.36. The van der Waals surface area contributed by atoms with Crippen LogP contribution in [0.15, 0.2) is 56.7 Å². The molecule has 2 aliphatic rings. The highest BCUT2D eigenvalue weighted by Gasteiger charge is 2.37. The molecule has 3 aromatic rings. The third kappa shape index (κ3) is 5.15. The number of aliphatic imine (C=N–C) groups is 1. The second kappa shape index (κ2) is 10.7. The summed E-state index contributed by atoms with van der Waals surface area (Å²) in [5.41, 5.74) is 1.71. The minimum absolute atomic E-state index is 0.0311. The number of hydrogen-bond donors (Lipinski definition) is 2. The van der Waals surface area contributed by atoms with Crippen LogP contribution in [0.3, 0.4) is 0 Å². The van der Waals surface area contributed by atoms with E-state index < -0.39 is 23.8 Å². The number of carbonyl (C=O) groups is 2. The average Bonchev–Trinajstić information content (AvgIpc) is 3.61. The Morgan fingerprint density at radius 3 is 2.68 bits per heavy atom. The molecule has 5 rings (SSSR count). The van der Waals surface area contributed by atoms with Crippen molar-refractivity contribution in [1.82, 2.24) is 15.3 Å². The molecule has 1 unspecified atom stereocenters. The predicted molar refractivity (Wildman–Crippen MR) is 142 cm³/mol. The van der Waals surface area contributed by atoms with Crippen molar-refractivity contribution >= 4 is 61.5 Å². The summed E-state index contributed by atoms with van der Waals surface area (Å²) in [5, 5.41) is 15.8. The highest BCUT2D eigenvalue weighted by Crippen LogP contribution is 2.40. The lowest BCUT2D eigenvalue weighted by molar-refractivity contribution is -0.136. The molecule has 2 aliphatic heterocycles. The number of carbonyl (C=O) groups excluding carboxylic acids is 1. The van der Waals surface area contributed by atoms with E-state index in [1.807, 2.05) is 5.38 Å². The fourth-order valence-corrected chi connectivity index (χ4v) is 6.45. The molecule has 0 saturated carbocycles. The van der Waals surface area contributed by atoms with Crippen LogP contribution in [0.4, 0.5) is 9.52 Å². The molecule has 192 valence electrons. The highest BCUT2D eigenvalue weighted by atomic mass is 79.9. The SMILES string of the molecule is COC(=O)C1=C(C2CCN(c3ncc(C(=O)O)s3)CC2)NC(c2nccs2)=NC1c1ccc(F)cc1Br. The zero-order valence-corrected chi connectivity index (χ0v) is 22.7. The fourth-order valence-electron chi connectivity index (χ4n) is 4.49. The van der Waals surface area contributed by atoms with Gasteiger partial charge in [0, 0.05) is 40.8 Å². The number of carboxylic acids is 1. The number of piperidine rings is 1. The first-order chi connectivity index (χ1) is 17.9. The van der Waals surface area contributed by atoms with Gasteiger partial charge in [0.15, 0.2) is 16.0 Å².